The van der Waals surface area contributed by atoms with Crippen LogP contribution in [0.1, 0.15) is 15.9 Å². The molecule has 1 aliphatic heterocycles. The quantitative estimate of drug-likeness (QED) is 0.709. The number of carbonyl (C=O) groups excluding carboxylic acids is 1. The van der Waals surface area contributed by atoms with Crippen molar-refractivity contribution in [2.45, 2.75) is 15.7 Å². The van der Waals surface area contributed by atoms with Gasteiger partial charge in [0.2, 0.25) is 0 Å². The molecular formula is C19H18FN5OS. The van der Waals surface area contributed by atoms with E-state index in [9.17, 15) is 9.18 Å². The van der Waals surface area contributed by atoms with Crippen molar-refractivity contribution in [3.8, 4) is 0 Å². The summed E-state index contributed by atoms with van der Waals surface area (Å²) in [6.45, 7) is 0.561. The molecule has 138 valence electrons. The van der Waals surface area contributed by atoms with Crippen molar-refractivity contribution in [1.29, 1.82) is 0 Å². The zero-order valence-corrected chi connectivity index (χ0v) is 15.5. The first-order chi connectivity index (χ1) is 13.0. The fourth-order valence-corrected chi connectivity index (χ4v) is 3.53. The summed E-state index contributed by atoms with van der Waals surface area (Å²) < 4.78 is 16.4. The Labute approximate surface area is 160 Å². The van der Waals surface area contributed by atoms with Gasteiger partial charge in [-0.2, -0.15) is 0 Å². The molecule has 0 radical (unpaired) electrons. The second-order valence-corrected chi connectivity index (χ2v) is 7.50. The van der Waals surface area contributed by atoms with Gasteiger partial charge in [-0.05, 0) is 53.7 Å². The van der Waals surface area contributed by atoms with E-state index < -0.39 is 5.67 Å². The molecule has 4 rings (SSSR count). The molecule has 2 heterocycles. The minimum absolute atomic E-state index is 0.263. The molecule has 2 aromatic carbocycles. The third kappa shape index (κ3) is 3.72. The summed E-state index contributed by atoms with van der Waals surface area (Å²) in [7, 11) is 1.88. The highest BCUT2D eigenvalue weighted by molar-refractivity contribution is 7.99. The lowest BCUT2D eigenvalue weighted by Gasteiger charge is -2.35. The number of amides is 1. The number of halogens is 1. The monoisotopic (exact) mass is 383 g/mol. The number of nitrogens with one attached hydrogen (secondary N) is 2. The molecule has 1 saturated heterocycles. The highest BCUT2D eigenvalue weighted by Crippen LogP contribution is 2.31. The molecule has 3 aromatic rings. The van der Waals surface area contributed by atoms with Gasteiger partial charge in [0, 0.05) is 36.3 Å². The average molecular weight is 383 g/mol. The molecule has 0 saturated carbocycles. The minimum atomic E-state index is -1.38. The fraction of sp³-hybridized carbons (Fsp3) is 0.211. The van der Waals surface area contributed by atoms with Gasteiger partial charge in [-0.3, -0.25) is 4.79 Å². The summed E-state index contributed by atoms with van der Waals surface area (Å²) >= 11 is 1.49. The molecule has 0 unspecified atom stereocenters. The van der Waals surface area contributed by atoms with Gasteiger partial charge in [0.05, 0.1) is 0 Å². The van der Waals surface area contributed by atoms with Crippen LogP contribution < -0.4 is 10.6 Å². The molecule has 8 heteroatoms. The molecule has 0 aliphatic carbocycles. The minimum Gasteiger partial charge on any atom is -0.322 e. The van der Waals surface area contributed by atoms with E-state index in [1.165, 1.54) is 11.8 Å². The predicted molar refractivity (Wildman–Crippen MR) is 102 cm³/mol. The molecule has 1 aliphatic rings. The number of rotatable bonds is 5. The Balaban J connectivity index is 1.44. The third-order valence-corrected chi connectivity index (χ3v) is 5.50. The zero-order chi connectivity index (χ0) is 18.9. The number of alkyl halides is 1. The van der Waals surface area contributed by atoms with Crippen LogP contribution in [0.5, 0.6) is 0 Å². The topological polar surface area (TPSA) is 71.8 Å². The Morgan fingerprint density at radius 3 is 2.67 bits per heavy atom. The fourth-order valence-electron chi connectivity index (χ4n) is 2.77. The van der Waals surface area contributed by atoms with Crippen molar-refractivity contribution in [2.24, 2.45) is 7.05 Å². The Kier molecular flexibility index (Phi) is 4.67. The number of hydrogen-bond donors (Lipinski definition) is 2. The van der Waals surface area contributed by atoms with E-state index in [0.29, 0.717) is 16.8 Å². The largest absolute Gasteiger partial charge is 0.322 e. The molecule has 2 N–H and O–H groups in total. The molecule has 1 fully saturated rings. The number of aryl methyl sites for hydroxylation is 1. The van der Waals surface area contributed by atoms with Crippen LogP contribution in [0.25, 0.3) is 0 Å². The van der Waals surface area contributed by atoms with Crippen LogP contribution in [0.2, 0.25) is 0 Å². The number of anilines is 1. The second-order valence-electron chi connectivity index (χ2n) is 6.45. The number of carbonyl (C=O) groups is 1. The maximum absolute atomic E-state index is 14.5. The number of nitrogens with zero attached hydrogens (tertiary/aromatic N) is 3. The van der Waals surface area contributed by atoms with Crippen molar-refractivity contribution >= 4 is 23.4 Å². The van der Waals surface area contributed by atoms with E-state index in [2.05, 4.69) is 20.8 Å². The number of benzene rings is 2. The lowest BCUT2D eigenvalue weighted by molar-refractivity contribution is 0.0889. The molecule has 1 amide bonds. The van der Waals surface area contributed by atoms with E-state index in [1.54, 1.807) is 30.6 Å². The lowest BCUT2D eigenvalue weighted by Crippen LogP contribution is -2.53. The van der Waals surface area contributed by atoms with Crippen molar-refractivity contribution in [2.75, 3.05) is 18.4 Å². The highest BCUT2D eigenvalue weighted by atomic mass is 32.2. The maximum Gasteiger partial charge on any atom is 0.255 e. The van der Waals surface area contributed by atoms with Crippen LogP contribution in [-0.4, -0.2) is 33.8 Å². The number of aromatic nitrogens is 3. The highest BCUT2D eigenvalue weighted by Gasteiger charge is 2.38. The molecular weight excluding hydrogens is 365 g/mol. The molecule has 0 spiro atoms. The van der Waals surface area contributed by atoms with Crippen molar-refractivity contribution < 1.29 is 9.18 Å². The van der Waals surface area contributed by atoms with Gasteiger partial charge in [-0.15, -0.1) is 10.2 Å². The molecule has 6 nitrogen and oxygen atoms in total. The first-order valence-electron chi connectivity index (χ1n) is 8.47. The third-order valence-electron chi connectivity index (χ3n) is 4.44. The van der Waals surface area contributed by atoms with Gasteiger partial charge >= 0.3 is 0 Å². The lowest BCUT2D eigenvalue weighted by atomic mass is 9.89. The summed E-state index contributed by atoms with van der Waals surface area (Å²) in [6, 6.07) is 14.2. The summed E-state index contributed by atoms with van der Waals surface area (Å²) in [6.07, 6.45) is 1.65. The SMILES string of the molecule is Cn1cnnc1Sc1ccc(NC(=O)c2cccc(C3(F)CNC3)c2)cc1. The average Bonchev–Trinajstić information content (AvgIpc) is 3.06. The smallest absolute Gasteiger partial charge is 0.255 e. The van der Waals surface area contributed by atoms with Gasteiger partial charge in [0.1, 0.15) is 6.33 Å². The summed E-state index contributed by atoms with van der Waals surface area (Å²) in [5.74, 6) is -0.263. The van der Waals surface area contributed by atoms with Crippen LogP contribution in [0.4, 0.5) is 10.1 Å². The first kappa shape index (κ1) is 17.7. The van der Waals surface area contributed by atoms with Crippen LogP contribution in [0.15, 0.2) is 64.9 Å². The zero-order valence-electron chi connectivity index (χ0n) is 14.6. The summed E-state index contributed by atoms with van der Waals surface area (Å²) in [5, 5.41) is 14.4. The Morgan fingerprint density at radius 2 is 2.04 bits per heavy atom. The summed E-state index contributed by atoms with van der Waals surface area (Å²) in [4.78, 5) is 13.5. The van der Waals surface area contributed by atoms with Crippen LogP contribution in [0.3, 0.4) is 0 Å². The Bertz CT molecular complexity index is 968. The normalized spacial score (nSPS) is 15.2. The van der Waals surface area contributed by atoms with E-state index in [-0.39, 0.29) is 19.0 Å². The standard InChI is InChI=1S/C19H18FN5OS/c1-25-12-22-24-18(25)27-16-7-5-15(6-8-16)23-17(26)13-3-2-4-14(9-13)19(20)10-21-11-19/h2-9,12,21H,10-11H2,1H3,(H,23,26). The first-order valence-corrected chi connectivity index (χ1v) is 9.29. The predicted octanol–water partition coefficient (Wildman–Crippen LogP) is 2.99. The van der Waals surface area contributed by atoms with Crippen molar-refractivity contribution in [1.82, 2.24) is 20.1 Å². The molecule has 27 heavy (non-hydrogen) atoms. The van der Waals surface area contributed by atoms with E-state index in [1.807, 2.05) is 35.9 Å². The molecule has 0 atom stereocenters. The maximum atomic E-state index is 14.5. The molecule has 1 aromatic heterocycles. The van der Waals surface area contributed by atoms with Crippen LogP contribution >= 0.6 is 11.8 Å². The summed E-state index contributed by atoms with van der Waals surface area (Å²) in [5.41, 5.74) is 0.265. The van der Waals surface area contributed by atoms with E-state index in [0.717, 1.165) is 10.1 Å². The van der Waals surface area contributed by atoms with E-state index >= 15 is 0 Å². The van der Waals surface area contributed by atoms with Crippen molar-refractivity contribution in [3.05, 3.63) is 66.0 Å². The van der Waals surface area contributed by atoms with Gasteiger partial charge in [0.15, 0.2) is 10.8 Å². The number of hydrogen-bond acceptors (Lipinski definition) is 5. The Hall–Kier alpha value is -2.71. The van der Waals surface area contributed by atoms with Gasteiger partial charge in [0.25, 0.3) is 5.91 Å². The van der Waals surface area contributed by atoms with Gasteiger partial charge in [-0.25, -0.2) is 4.39 Å². The molecule has 0 bridgehead atoms. The van der Waals surface area contributed by atoms with E-state index in [4.69, 9.17) is 0 Å². The van der Waals surface area contributed by atoms with Gasteiger partial charge in [-0.1, -0.05) is 12.1 Å². The van der Waals surface area contributed by atoms with Crippen molar-refractivity contribution in [3.63, 3.8) is 0 Å². The van der Waals surface area contributed by atoms with Crippen LogP contribution in [-0.2, 0) is 12.7 Å². The second kappa shape index (κ2) is 7.13. The Morgan fingerprint density at radius 1 is 1.26 bits per heavy atom. The van der Waals surface area contributed by atoms with Gasteiger partial charge < -0.3 is 15.2 Å². The van der Waals surface area contributed by atoms with Crippen LogP contribution in [0, 0.1) is 0 Å².